The molecular formula is C17H28N2OS. The number of hydrogen-bond donors (Lipinski definition) is 0. The Bertz CT molecular complexity index is 465. The standard InChI is InChI=1S/C17H28N2OS/c1-14-4-5-16(21-14)12-19-10-8-17(9-11-19)7-6-15(13-20-3)18(17)2/h4-5,15H,6-13H2,1-3H3/t15-/m1/s1. The number of rotatable bonds is 4. The molecule has 4 heteroatoms. The van der Waals surface area contributed by atoms with Crippen LogP contribution in [-0.2, 0) is 11.3 Å². The molecule has 2 fully saturated rings. The van der Waals surface area contributed by atoms with Gasteiger partial charge in [0.05, 0.1) is 6.61 Å². The number of likely N-dealkylation sites (tertiary alicyclic amines) is 2. The van der Waals surface area contributed by atoms with Crippen molar-refractivity contribution in [3.05, 3.63) is 21.9 Å². The first-order valence-electron chi connectivity index (χ1n) is 8.12. The summed E-state index contributed by atoms with van der Waals surface area (Å²) in [6, 6.07) is 5.16. The van der Waals surface area contributed by atoms with Crippen molar-refractivity contribution in [1.29, 1.82) is 0 Å². The van der Waals surface area contributed by atoms with Gasteiger partial charge in [0.2, 0.25) is 0 Å². The highest BCUT2D eigenvalue weighted by Gasteiger charge is 2.45. The van der Waals surface area contributed by atoms with Crippen molar-refractivity contribution in [2.75, 3.05) is 33.9 Å². The molecule has 2 aliphatic heterocycles. The van der Waals surface area contributed by atoms with E-state index in [0.717, 1.165) is 13.2 Å². The van der Waals surface area contributed by atoms with Gasteiger partial charge in [-0.15, -0.1) is 11.3 Å². The van der Waals surface area contributed by atoms with E-state index in [1.54, 1.807) is 0 Å². The average Bonchev–Trinajstić information content (AvgIpc) is 3.01. The van der Waals surface area contributed by atoms with Crippen LogP contribution in [0.4, 0.5) is 0 Å². The zero-order valence-corrected chi connectivity index (χ0v) is 14.4. The second kappa shape index (κ2) is 6.37. The SMILES string of the molecule is COC[C@H]1CCC2(CCN(Cc3ccc(C)s3)CC2)N1C. The molecule has 0 bridgehead atoms. The fourth-order valence-electron chi connectivity index (χ4n) is 4.10. The Kier molecular flexibility index (Phi) is 4.69. The lowest BCUT2D eigenvalue weighted by Gasteiger charge is -2.45. The summed E-state index contributed by atoms with van der Waals surface area (Å²) in [5.41, 5.74) is 0.449. The molecule has 0 radical (unpaired) electrons. The Balaban J connectivity index is 1.55. The largest absolute Gasteiger partial charge is 0.383 e. The molecule has 1 aromatic heterocycles. The molecule has 3 heterocycles. The van der Waals surface area contributed by atoms with Crippen molar-refractivity contribution in [2.45, 2.75) is 50.7 Å². The predicted octanol–water partition coefficient (Wildman–Crippen LogP) is 3.13. The van der Waals surface area contributed by atoms with Crippen LogP contribution in [0, 0.1) is 6.92 Å². The molecule has 0 aliphatic carbocycles. The summed E-state index contributed by atoms with van der Waals surface area (Å²) in [5, 5.41) is 0. The molecule has 118 valence electrons. The topological polar surface area (TPSA) is 15.7 Å². The lowest BCUT2D eigenvalue weighted by molar-refractivity contribution is 0.0284. The maximum Gasteiger partial charge on any atom is 0.0618 e. The van der Waals surface area contributed by atoms with E-state index in [4.69, 9.17) is 4.74 Å². The fraction of sp³-hybridized carbons (Fsp3) is 0.765. The van der Waals surface area contributed by atoms with E-state index in [2.05, 4.69) is 35.9 Å². The second-order valence-electron chi connectivity index (χ2n) is 6.77. The molecule has 0 saturated carbocycles. The summed E-state index contributed by atoms with van der Waals surface area (Å²) in [7, 11) is 4.14. The molecule has 0 amide bonds. The van der Waals surface area contributed by atoms with Crippen molar-refractivity contribution in [1.82, 2.24) is 9.80 Å². The third kappa shape index (κ3) is 3.19. The van der Waals surface area contributed by atoms with Gasteiger partial charge >= 0.3 is 0 Å². The van der Waals surface area contributed by atoms with Gasteiger partial charge < -0.3 is 4.74 Å². The second-order valence-corrected chi connectivity index (χ2v) is 8.14. The Labute approximate surface area is 132 Å². The lowest BCUT2D eigenvalue weighted by Crippen LogP contribution is -2.52. The minimum atomic E-state index is 0.449. The number of methoxy groups -OCH3 is 1. The minimum Gasteiger partial charge on any atom is -0.383 e. The van der Waals surface area contributed by atoms with Crippen LogP contribution in [0.1, 0.15) is 35.4 Å². The van der Waals surface area contributed by atoms with E-state index >= 15 is 0 Å². The molecule has 1 spiro atoms. The minimum absolute atomic E-state index is 0.449. The summed E-state index contributed by atoms with van der Waals surface area (Å²) < 4.78 is 5.38. The quantitative estimate of drug-likeness (QED) is 0.850. The Hall–Kier alpha value is -0.420. The summed E-state index contributed by atoms with van der Waals surface area (Å²) in [5.74, 6) is 0. The van der Waals surface area contributed by atoms with E-state index in [1.807, 2.05) is 18.4 Å². The van der Waals surface area contributed by atoms with Crippen LogP contribution in [0.3, 0.4) is 0 Å². The Morgan fingerprint density at radius 3 is 2.67 bits per heavy atom. The van der Waals surface area contributed by atoms with Crippen molar-refractivity contribution >= 4 is 11.3 Å². The molecule has 21 heavy (non-hydrogen) atoms. The van der Waals surface area contributed by atoms with Gasteiger partial charge in [-0.05, 0) is 51.8 Å². The molecule has 0 aromatic carbocycles. The van der Waals surface area contributed by atoms with Gasteiger partial charge in [-0.1, -0.05) is 0 Å². The van der Waals surface area contributed by atoms with Gasteiger partial charge in [-0.2, -0.15) is 0 Å². The summed E-state index contributed by atoms with van der Waals surface area (Å²) in [6.07, 6.45) is 5.28. The molecular weight excluding hydrogens is 280 g/mol. The monoisotopic (exact) mass is 308 g/mol. The highest BCUT2D eigenvalue weighted by Crippen LogP contribution is 2.40. The van der Waals surface area contributed by atoms with Gasteiger partial charge in [0.25, 0.3) is 0 Å². The fourth-order valence-corrected chi connectivity index (χ4v) is 5.03. The Morgan fingerprint density at radius 2 is 2.05 bits per heavy atom. The first kappa shape index (κ1) is 15.5. The van der Waals surface area contributed by atoms with Crippen LogP contribution in [0.15, 0.2) is 12.1 Å². The zero-order valence-electron chi connectivity index (χ0n) is 13.6. The van der Waals surface area contributed by atoms with Crippen LogP contribution < -0.4 is 0 Å². The van der Waals surface area contributed by atoms with Gasteiger partial charge in [0.1, 0.15) is 0 Å². The van der Waals surface area contributed by atoms with Crippen molar-refractivity contribution < 1.29 is 4.74 Å². The van der Waals surface area contributed by atoms with E-state index in [-0.39, 0.29) is 0 Å². The molecule has 3 nitrogen and oxygen atoms in total. The predicted molar refractivity (Wildman–Crippen MR) is 89.0 cm³/mol. The molecule has 0 N–H and O–H groups in total. The van der Waals surface area contributed by atoms with Gasteiger partial charge in [0.15, 0.2) is 0 Å². The van der Waals surface area contributed by atoms with Crippen LogP contribution in [0.25, 0.3) is 0 Å². The summed E-state index contributed by atoms with van der Waals surface area (Å²) >= 11 is 1.94. The van der Waals surface area contributed by atoms with Crippen molar-refractivity contribution in [3.63, 3.8) is 0 Å². The number of aryl methyl sites for hydroxylation is 1. The number of thiophene rings is 1. The molecule has 2 aliphatic rings. The Morgan fingerprint density at radius 1 is 1.29 bits per heavy atom. The molecule has 1 aromatic rings. The van der Waals surface area contributed by atoms with Gasteiger partial charge in [-0.25, -0.2) is 0 Å². The summed E-state index contributed by atoms with van der Waals surface area (Å²) in [6.45, 7) is 6.70. The third-order valence-corrected chi connectivity index (χ3v) is 6.55. The molecule has 3 rings (SSSR count). The van der Waals surface area contributed by atoms with Crippen LogP contribution in [0.5, 0.6) is 0 Å². The lowest BCUT2D eigenvalue weighted by atomic mass is 9.85. The normalized spacial score (nSPS) is 26.7. The number of nitrogens with zero attached hydrogens (tertiary/aromatic N) is 2. The molecule has 0 unspecified atom stereocenters. The van der Waals surface area contributed by atoms with Crippen molar-refractivity contribution in [2.24, 2.45) is 0 Å². The maximum absolute atomic E-state index is 5.38. The third-order valence-electron chi connectivity index (χ3n) is 5.56. The smallest absolute Gasteiger partial charge is 0.0618 e. The summed E-state index contributed by atoms with van der Waals surface area (Å²) in [4.78, 5) is 8.20. The van der Waals surface area contributed by atoms with E-state index in [1.165, 1.54) is 48.5 Å². The van der Waals surface area contributed by atoms with Gasteiger partial charge in [-0.3, -0.25) is 9.80 Å². The number of ether oxygens (including phenoxy) is 1. The highest BCUT2D eigenvalue weighted by molar-refractivity contribution is 7.11. The number of piperidine rings is 1. The number of likely N-dealkylation sites (N-methyl/N-ethyl adjacent to an activating group) is 1. The highest BCUT2D eigenvalue weighted by atomic mass is 32.1. The maximum atomic E-state index is 5.38. The van der Waals surface area contributed by atoms with Crippen molar-refractivity contribution in [3.8, 4) is 0 Å². The first-order chi connectivity index (χ1) is 10.1. The van der Waals surface area contributed by atoms with E-state index in [9.17, 15) is 0 Å². The average molecular weight is 308 g/mol. The van der Waals surface area contributed by atoms with E-state index < -0.39 is 0 Å². The zero-order chi connectivity index (χ0) is 14.9. The first-order valence-corrected chi connectivity index (χ1v) is 8.94. The van der Waals surface area contributed by atoms with Gasteiger partial charge in [0, 0.05) is 48.1 Å². The molecule has 2 saturated heterocycles. The van der Waals surface area contributed by atoms with Crippen LogP contribution in [-0.4, -0.2) is 55.2 Å². The van der Waals surface area contributed by atoms with Crippen LogP contribution in [0.2, 0.25) is 0 Å². The van der Waals surface area contributed by atoms with Crippen LogP contribution >= 0.6 is 11.3 Å². The molecule has 1 atom stereocenters. The number of hydrogen-bond acceptors (Lipinski definition) is 4. The van der Waals surface area contributed by atoms with E-state index in [0.29, 0.717) is 11.6 Å².